The molecule has 1 aromatic rings. The highest BCUT2D eigenvalue weighted by atomic mass is 16.5. The van der Waals surface area contributed by atoms with Crippen molar-refractivity contribution in [2.45, 2.75) is 74.7 Å². The van der Waals surface area contributed by atoms with Gasteiger partial charge in [-0.2, -0.15) is 0 Å². The van der Waals surface area contributed by atoms with E-state index in [0.29, 0.717) is 6.04 Å². The van der Waals surface area contributed by atoms with Crippen molar-refractivity contribution in [3.05, 3.63) is 35.4 Å². The number of nitrogens with zero attached hydrogens (tertiary/aromatic N) is 1. The Morgan fingerprint density at radius 3 is 2.77 bits per heavy atom. The normalized spacial score (nSPS) is 44.2. The van der Waals surface area contributed by atoms with Crippen molar-refractivity contribution in [3.63, 3.8) is 0 Å². The minimum absolute atomic E-state index is 0.134. The van der Waals surface area contributed by atoms with E-state index in [1.54, 1.807) is 7.11 Å². The summed E-state index contributed by atoms with van der Waals surface area (Å²) in [5, 5.41) is 23.3. The van der Waals surface area contributed by atoms with Gasteiger partial charge in [0.15, 0.2) is 11.5 Å². The minimum Gasteiger partial charge on any atom is -0.493 e. The molecule has 4 bridgehead atoms. The van der Waals surface area contributed by atoms with Crippen molar-refractivity contribution in [1.82, 2.24) is 4.90 Å². The number of hydrogen-bond donors (Lipinski definition) is 2. The van der Waals surface area contributed by atoms with Crippen molar-refractivity contribution in [1.29, 1.82) is 0 Å². The Morgan fingerprint density at radius 2 is 2.06 bits per heavy atom. The van der Waals surface area contributed by atoms with Crippen molar-refractivity contribution in [2.75, 3.05) is 20.2 Å². The van der Waals surface area contributed by atoms with Gasteiger partial charge in [-0.25, -0.2) is 0 Å². The fourth-order valence-electron chi connectivity index (χ4n) is 8.45. The number of likely N-dealkylation sites (tertiary alicyclic amines) is 1. The summed E-state index contributed by atoms with van der Waals surface area (Å²) in [4.78, 5) is 2.74. The Bertz CT molecular complexity index is 1010. The molecule has 0 aromatic heterocycles. The number of piperidine rings is 1. The molecule has 8 rings (SSSR count). The zero-order valence-electron chi connectivity index (χ0n) is 18.7. The van der Waals surface area contributed by atoms with Gasteiger partial charge in [0.25, 0.3) is 0 Å². The monoisotopic (exact) mass is 423 g/mol. The highest BCUT2D eigenvalue weighted by Gasteiger charge is 2.79. The number of methoxy groups -OCH3 is 1. The molecule has 6 unspecified atom stereocenters. The summed E-state index contributed by atoms with van der Waals surface area (Å²) in [6.07, 6.45) is 9.45. The van der Waals surface area contributed by atoms with Gasteiger partial charge >= 0.3 is 0 Å². The Balaban J connectivity index is 1.50. The van der Waals surface area contributed by atoms with Crippen LogP contribution < -0.4 is 9.47 Å². The molecule has 3 fully saturated rings. The third-order valence-electron chi connectivity index (χ3n) is 9.84. The van der Waals surface area contributed by atoms with E-state index in [9.17, 15) is 10.2 Å². The smallest absolute Gasteiger partial charge is 0.166 e. The van der Waals surface area contributed by atoms with E-state index in [1.165, 1.54) is 30.5 Å². The fourth-order valence-corrected chi connectivity index (χ4v) is 8.45. The summed E-state index contributed by atoms with van der Waals surface area (Å²) in [5.74, 6) is 2.17. The van der Waals surface area contributed by atoms with Gasteiger partial charge in [-0.05, 0) is 70.0 Å². The first-order valence-electron chi connectivity index (χ1n) is 12.0. The molecule has 1 saturated heterocycles. The minimum atomic E-state index is -1.19. The second-order valence-electron chi connectivity index (χ2n) is 11.7. The van der Waals surface area contributed by atoms with Crippen LogP contribution in [0.15, 0.2) is 24.3 Å². The summed E-state index contributed by atoms with van der Waals surface area (Å²) in [6.45, 7) is 5.93. The van der Waals surface area contributed by atoms with Gasteiger partial charge in [-0.3, -0.25) is 4.90 Å². The molecule has 2 spiro atoms. The largest absolute Gasteiger partial charge is 0.493 e. The first-order chi connectivity index (χ1) is 14.7. The molecule has 5 nitrogen and oxygen atoms in total. The number of aliphatic hydroxyl groups is 2. The fraction of sp³-hybridized carbons (Fsp3) is 0.692. The van der Waals surface area contributed by atoms with E-state index in [-0.39, 0.29) is 22.9 Å². The highest BCUT2D eigenvalue weighted by Crippen LogP contribution is 2.75. The van der Waals surface area contributed by atoms with Crippen LogP contribution in [-0.4, -0.2) is 58.7 Å². The summed E-state index contributed by atoms with van der Waals surface area (Å²) in [7, 11) is 1.70. The van der Waals surface area contributed by atoms with E-state index in [1.807, 2.05) is 26.0 Å². The van der Waals surface area contributed by atoms with Crippen molar-refractivity contribution >= 4 is 0 Å². The summed E-state index contributed by atoms with van der Waals surface area (Å²) < 4.78 is 12.5. The van der Waals surface area contributed by atoms with E-state index in [2.05, 4.69) is 17.0 Å². The standard InChI is InChI=1S/C26H33NO4/c1-23(2,28)18-13-24-8-9-26(18,29)22-25(24)10-11-27(14-15-4-5-15)19(24)12-16-6-7-17(30-3)21(31-22)20(16)25/h6-9,15,18-19,22,28-29H,4-5,10-14H2,1-3H3. The molecule has 0 radical (unpaired) electrons. The molecule has 2 heterocycles. The molecule has 7 aliphatic rings. The van der Waals surface area contributed by atoms with Crippen LogP contribution in [0.3, 0.4) is 0 Å². The molecular weight excluding hydrogens is 390 g/mol. The van der Waals surface area contributed by atoms with Crippen molar-refractivity contribution in [2.24, 2.45) is 17.3 Å². The summed E-state index contributed by atoms with van der Waals surface area (Å²) >= 11 is 0. The first kappa shape index (κ1) is 19.0. The molecule has 5 heteroatoms. The maximum atomic E-state index is 12.2. The van der Waals surface area contributed by atoms with Crippen LogP contribution >= 0.6 is 0 Å². The lowest BCUT2D eigenvalue weighted by Crippen LogP contribution is -2.80. The molecule has 2 N–H and O–H groups in total. The lowest BCUT2D eigenvalue weighted by molar-refractivity contribution is -0.236. The summed E-state index contributed by atoms with van der Waals surface area (Å²) in [6, 6.07) is 4.65. The maximum Gasteiger partial charge on any atom is 0.166 e. The van der Waals surface area contributed by atoms with Crippen LogP contribution in [0.25, 0.3) is 0 Å². The van der Waals surface area contributed by atoms with Crippen LogP contribution in [0.5, 0.6) is 11.5 Å². The van der Waals surface area contributed by atoms with E-state index < -0.39 is 11.2 Å². The van der Waals surface area contributed by atoms with Gasteiger partial charge in [0.05, 0.1) is 18.1 Å². The Morgan fingerprint density at radius 1 is 1.26 bits per heavy atom. The lowest BCUT2D eigenvalue weighted by atomic mass is 9.36. The Labute approximate surface area is 184 Å². The zero-order chi connectivity index (χ0) is 21.4. The van der Waals surface area contributed by atoms with Crippen LogP contribution in [0.2, 0.25) is 0 Å². The number of benzene rings is 1. The maximum absolute atomic E-state index is 12.2. The number of rotatable bonds is 4. The van der Waals surface area contributed by atoms with Gasteiger partial charge < -0.3 is 19.7 Å². The molecule has 1 aromatic carbocycles. The second-order valence-corrected chi connectivity index (χ2v) is 11.7. The molecule has 6 atom stereocenters. The highest BCUT2D eigenvalue weighted by molar-refractivity contribution is 5.65. The predicted octanol–water partition coefficient (Wildman–Crippen LogP) is 2.81. The van der Waals surface area contributed by atoms with E-state index in [4.69, 9.17) is 9.47 Å². The Kier molecular flexibility index (Phi) is 3.36. The SMILES string of the molecule is COc1ccc2c3c1OC1C4(O)C=CC5(CC4C(C)(C)O)C(C2)N(CC2CC2)CCC315. The van der Waals surface area contributed by atoms with Gasteiger partial charge in [-0.15, -0.1) is 0 Å². The number of fused-ring (bicyclic) bond motifs is 1. The number of hydrogen-bond acceptors (Lipinski definition) is 5. The van der Waals surface area contributed by atoms with Crippen LogP contribution in [0, 0.1) is 17.3 Å². The molecule has 31 heavy (non-hydrogen) atoms. The molecular formula is C26H33NO4. The third kappa shape index (κ3) is 2.01. The van der Waals surface area contributed by atoms with Gasteiger partial charge in [0.2, 0.25) is 0 Å². The quantitative estimate of drug-likeness (QED) is 0.730. The van der Waals surface area contributed by atoms with Crippen LogP contribution in [0.1, 0.15) is 50.7 Å². The second kappa shape index (κ2) is 5.49. The van der Waals surface area contributed by atoms with Crippen molar-refractivity contribution in [3.8, 4) is 11.5 Å². The lowest BCUT2D eigenvalue weighted by Gasteiger charge is -2.71. The molecule has 166 valence electrons. The van der Waals surface area contributed by atoms with Crippen LogP contribution in [0.4, 0.5) is 0 Å². The van der Waals surface area contributed by atoms with Gasteiger partial charge in [0.1, 0.15) is 11.7 Å². The van der Waals surface area contributed by atoms with E-state index >= 15 is 0 Å². The number of ether oxygens (including phenoxy) is 2. The molecule has 2 aliphatic heterocycles. The van der Waals surface area contributed by atoms with Gasteiger partial charge in [0, 0.05) is 29.5 Å². The zero-order valence-corrected chi connectivity index (χ0v) is 18.7. The van der Waals surface area contributed by atoms with Crippen molar-refractivity contribution < 1.29 is 19.7 Å². The molecule has 2 saturated carbocycles. The molecule has 5 aliphatic carbocycles. The predicted molar refractivity (Wildman–Crippen MR) is 116 cm³/mol. The topological polar surface area (TPSA) is 62.2 Å². The average molecular weight is 424 g/mol. The summed E-state index contributed by atoms with van der Waals surface area (Å²) in [5.41, 5.74) is 0.0777. The van der Waals surface area contributed by atoms with Crippen LogP contribution in [-0.2, 0) is 11.8 Å². The first-order valence-corrected chi connectivity index (χ1v) is 12.0. The Hall–Kier alpha value is -1.56. The third-order valence-corrected chi connectivity index (χ3v) is 9.84. The average Bonchev–Trinajstić information content (AvgIpc) is 3.46. The van der Waals surface area contributed by atoms with E-state index in [0.717, 1.165) is 43.2 Å². The molecule has 0 amide bonds. The van der Waals surface area contributed by atoms with Gasteiger partial charge in [-0.1, -0.05) is 18.2 Å².